The Labute approximate surface area is 118 Å². The summed E-state index contributed by atoms with van der Waals surface area (Å²) in [5, 5.41) is 8.74. The van der Waals surface area contributed by atoms with Gasteiger partial charge in [0.1, 0.15) is 0 Å². The van der Waals surface area contributed by atoms with E-state index in [0.717, 1.165) is 5.69 Å². The number of carbonyl (C=O) groups is 1. The first-order valence-electron chi connectivity index (χ1n) is 6.57. The van der Waals surface area contributed by atoms with Gasteiger partial charge in [0.15, 0.2) is 0 Å². The molecule has 1 aliphatic rings. The summed E-state index contributed by atoms with van der Waals surface area (Å²) in [6, 6.07) is 5.41. The zero-order valence-electron chi connectivity index (χ0n) is 11.1. The molecule has 0 amide bonds. The molecule has 0 radical (unpaired) electrons. The number of hydrogen-bond acceptors (Lipinski definition) is 4. The van der Waals surface area contributed by atoms with Crippen LogP contribution in [0.5, 0.6) is 0 Å². The van der Waals surface area contributed by atoms with Crippen LogP contribution in [0, 0.1) is 5.92 Å². The van der Waals surface area contributed by atoms with Gasteiger partial charge in [0.05, 0.1) is 5.75 Å². The molecule has 0 spiro atoms. The summed E-state index contributed by atoms with van der Waals surface area (Å²) in [4.78, 5) is 14.7. The van der Waals surface area contributed by atoms with E-state index in [-0.39, 0.29) is 18.1 Å². The molecule has 1 N–H and O–H groups in total. The number of aromatic nitrogens is 1. The van der Waals surface area contributed by atoms with Gasteiger partial charge in [0.2, 0.25) is 10.0 Å². The van der Waals surface area contributed by atoms with Gasteiger partial charge in [-0.3, -0.25) is 9.78 Å². The summed E-state index contributed by atoms with van der Waals surface area (Å²) in [5.41, 5.74) is 0.748. The molecule has 110 valence electrons. The van der Waals surface area contributed by atoms with Crippen LogP contribution in [0.15, 0.2) is 24.4 Å². The summed E-state index contributed by atoms with van der Waals surface area (Å²) >= 11 is 0. The summed E-state index contributed by atoms with van der Waals surface area (Å²) in [7, 11) is -3.33. The summed E-state index contributed by atoms with van der Waals surface area (Å²) in [6.45, 7) is 0.735. The predicted molar refractivity (Wildman–Crippen MR) is 73.7 cm³/mol. The van der Waals surface area contributed by atoms with Crippen molar-refractivity contribution in [1.29, 1.82) is 0 Å². The number of sulfonamides is 1. The highest BCUT2D eigenvalue weighted by molar-refractivity contribution is 7.89. The first-order chi connectivity index (χ1) is 9.47. The molecule has 7 heteroatoms. The molecule has 6 nitrogen and oxygen atoms in total. The SMILES string of the molecule is O=C(O)CC1CCN(S(=O)(=O)CCc2ccccn2)C1. The van der Waals surface area contributed by atoms with E-state index in [0.29, 0.717) is 25.9 Å². The maximum atomic E-state index is 12.2. The van der Waals surface area contributed by atoms with E-state index in [1.54, 1.807) is 18.3 Å². The molecular formula is C13H18N2O4S. The summed E-state index contributed by atoms with van der Waals surface area (Å²) in [6.07, 6.45) is 2.67. The molecule has 1 atom stereocenters. The van der Waals surface area contributed by atoms with Crippen LogP contribution in [0.25, 0.3) is 0 Å². The first kappa shape index (κ1) is 14.9. The van der Waals surface area contributed by atoms with Crippen molar-refractivity contribution in [2.75, 3.05) is 18.8 Å². The van der Waals surface area contributed by atoms with Crippen LogP contribution in [-0.4, -0.2) is 47.6 Å². The molecule has 1 aromatic heterocycles. The highest BCUT2D eigenvalue weighted by atomic mass is 32.2. The number of nitrogens with zero attached hydrogens (tertiary/aromatic N) is 2. The maximum Gasteiger partial charge on any atom is 0.303 e. The average Bonchev–Trinajstić information content (AvgIpc) is 2.86. The number of pyridine rings is 1. The Bertz CT molecular complexity index is 559. The van der Waals surface area contributed by atoms with E-state index in [9.17, 15) is 13.2 Å². The van der Waals surface area contributed by atoms with Gasteiger partial charge in [0, 0.05) is 37.8 Å². The van der Waals surface area contributed by atoms with E-state index in [2.05, 4.69) is 4.98 Å². The fraction of sp³-hybridized carbons (Fsp3) is 0.538. The molecule has 1 aliphatic heterocycles. The van der Waals surface area contributed by atoms with Gasteiger partial charge in [-0.15, -0.1) is 0 Å². The average molecular weight is 298 g/mol. The van der Waals surface area contributed by atoms with E-state index < -0.39 is 16.0 Å². The van der Waals surface area contributed by atoms with Crippen LogP contribution in [0.3, 0.4) is 0 Å². The number of hydrogen-bond donors (Lipinski definition) is 1. The fourth-order valence-electron chi connectivity index (χ4n) is 2.37. The second-order valence-electron chi connectivity index (χ2n) is 5.00. The number of aliphatic carboxylic acids is 1. The molecule has 0 aliphatic carbocycles. The Morgan fingerprint density at radius 2 is 2.25 bits per heavy atom. The number of carboxylic acids is 1. The Hall–Kier alpha value is -1.47. The zero-order chi connectivity index (χ0) is 14.6. The van der Waals surface area contributed by atoms with Crippen LogP contribution in [0.4, 0.5) is 0 Å². The van der Waals surface area contributed by atoms with Gasteiger partial charge in [-0.1, -0.05) is 6.07 Å². The minimum atomic E-state index is -3.33. The molecule has 1 fully saturated rings. The van der Waals surface area contributed by atoms with E-state index in [4.69, 9.17) is 5.11 Å². The normalized spacial score (nSPS) is 20.1. The van der Waals surface area contributed by atoms with Gasteiger partial charge >= 0.3 is 5.97 Å². The third kappa shape index (κ3) is 4.01. The molecule has 0 aromatic carbocycles. The lowest BCUT2D eigenvalue weighted by Crippen LogP contribution is -2.32. The minimum Gasteiger partial charge on any atom is -0.481 e. The van der Waals surface area contributed by atoms with Crippen LogP contribution in [0.1, 0.15) is 18.5 Å². The minimum absolute atomic E-state index is 0.0177. The molecule has 0 saturated carbocycles. The van der Waals surface area contributed by atoms with E-state index in [1.807, 2.05) is 6.07 Å². The third-order valence-corrected chi connectivity index (χ3v) is 5.29. The number of rotatable bonds is 6. The zero-order valence-corrected chi connectivity index (χ0v) is 11.9. The highest BCUT2D eigenvalue weighted by Crippen LogP contribution is 2.22. The van der Waals surface area contributed by atoms with Crippen molar-refractivity contribution >= 4 is 16.0 Å². The molecular weight excluding hydrogens is 280 g/mol. The second-order valence-corrected chi connectivity index (χ2v) is 7.09. The van der Waals surface area contributed by atoms with Crippen LogP contribution >= 0.6 is 0 Å². The van der Waals surface area contributed by atoms with E-state index >= 15 is 0 Å². The molecule has 2 rings (SSSR count). The van der Waals surface area contributed by atoms with Gasteiger partial charge in [0.25, 0.3) is 0 Å². The predicted octanol–water partition coefficient (Wildman–Crippen LogP) is 0.750. The second kappa shape index (κ2) is 6.32. The van der Waals surface area contributed by atoms with Crippen molar-refractivity contribution in [2.45, 2.75) is 19.3 Å². The number of carboxylic acid groups (broad SMARTS) is 1. The molecule has 1 unspecified atom stereocenters. The Balaban J connectivity index is 1.90. The van der Waals surface area contributed by atoms with Gasteiger partial charge < -0.3 is 5.11 Å². The van der Waals surface area contributed by atoms with Gasteiger partial charge in [-0.2, -0.15) is 0 Å². The van der Waals surface area contributed by atoms with E-state index in [1.165, 1.54) is 4.31 Å². The Morgan fingerprint density at radius 3 is 2.90 bits per heavy atom. The molecule has 1 aromatic rings. The monoisotopic (exact) mass is 298 g/mol. The largest absolute Gasteiger partial charge is 0.481 e. The molecule has 1 saturated heterocycles. The van der Waals surface area contributed by atoms with Crippen molar-refractivity contribution in [1.82, 2.24) is 9.29 Å². The highest BCUT2D eigenvalue weighted by Gasteiger charge is 2.32. The standard InChI is InChI=1S/C13H18N2O4S/c16-13(17)9-11-4-7-15(10-11)20(18,19)8-5-12-3-1-2-6-14-12/h1-3,6,11H,4-5,7-10H2,(H,16,17). The Morgan fingerprint density at radius 1 is 1.45 bits per heavy atom. The van der Waals surface area contributed by atoms with Crippen LogP contribution in [0.2, 0.25) is 0 Å². The summed E-state index contributed by atoms with van der Waals surface area (Å²) in [5.74, 6) is -0.927. The van der Waals surface area contributed by atoms with Crippen molar-refractivity contribution in [2.24, 2.45) is 5.92 Å². The van der Waals surface area contributed by atoms with Crippen molar-refractivity contribution in [3.8, 4) is 0 Å². The van der Waals surface area contributed by atoms with Gasteiger partial charge in [-0.25, -0.2) is 12.7 Å². The third-order valence-electron chi connectivity index (χ3n) is 3.45. The lowest BCUT2D eigenvalue weighted by molar-refractivity contribution is -0.137. The smallest absolute Gasteiger partial charge is 0.303 e. The first-order valence-corrected chi connectivity index (χ1v) is 8.18. The molecule has 2 heterocycles. The number of aryl methyl sites for hydroxylation is 1. The molecule has 0 bridgehead atoms. The molecule has 20 heavy (non-hydrogen) atoms. The maximum absolute atomic E-state index is 12.2. The van der Waals surface area contributed by atoms with Gasteiger partial charge in [-0.05, 0) is 24.5 Å². The fourth-order valence-corrected chi connectivity index (χ4v) is 3.92. The topological polar surface area (TPSA) is 87.6 Å². The lowest BCUT2D eigenvalue weighted by atomic mass is 10.1. The van der Waals surface area contributed by atoms with Crippen LogP contribution in [-0.2, 0) is 21.2 Å². The van der Waals surface area contributed by atoms with Crippen LogP contribution < -0.4 is 0 Å². The summed E-state index contributed by atoms with van der Waals surface area (Å²) < 4.78 is 25.8. The van der Waals surface area contributed by atoms with Crippen molar-refractivity contribution in [3.63, 3.8) is 0 Å². The van der Waals surface area contributed by atoms with Crippen molar-refractivity contribution in [3.05, 3.63) is 30.1 Å². The van der Waals surface area contributed by atoms with Crippen molar-refractivity contribution < 1.29 is 18.3 Å². The quantitative estimate of drug-likeness (QED) is 0.837. The lowest BCUT2D eigenvalue weighted by Gasteiger charge is -2.16. The Kier molecular flexibility index (Phi) is 4.72.